The Morgan fingerprint density at radius 1 is 1.08 bits per heavy atom. The van der Waals surface area contributed by atoms with Gasteiger partial charge in [-0.15, -0.1) is 0 Å². The molecule has 4 heteroatoms. The van der Waals surface area contributed by atoms with Crippen molar-refractivity contribution in [3.8, 4) is 0 Å². The van der Waals surface area contributed by atoms with E-state index in [0.29, 0.717) is 13.1 Å². The first kappa shape index (κ1) is 17.0. The van der Waals surface area contributed by atoms with Crippen molar-refractivity contribution in [2.24, 2.45) is 17.8 Å². The molecule has 0 bridgehead atoms. The van der Waals surface area contributed by atoms with Gasteiger partial charge in [-0.3, -0.25) is 9.59 Å². The molecular weight excluding hydrogens is 302 g/mol. The van der Waals surface area contributed by atoms with Gasteiger partial charge in [0.05, 0.1) is 5.92 Å². The lowest BCUT2D eigenvalue weighted by molar-refractivity contribution is -0.142. The number of rotatable bonds is 4. The first-order chi connectivity index (χ1) is 11.6. The molecule has 2 fully saturated rings. The SMILES string of the molecule is CCC1CCC(C(=O)N2CC(C(=O)O)C(c3ccccc3)C2)CC1. The summed E-state index contributed by atoms with van der Waals surface area (Å²) in [5, 5.41) is 9.58. The summed E-state index contributed by atoms with van der Waals surface area (Å²) in [6.45, 7) is 3.10. The van der Waals surface area contributed by atoms with Gasteiger partial charge in [-0.2, -0.15) is 0 Å². The van der Waals surface area contributed by atoms with Crippen LogP contribution in [-0.4, -0.2) is 35.0 Å². The Hall–Kier alpha value is -1.84. The standard InChI is InChI=1S/C20H27NO3/c1-2-14-8-10-16(11-9-14)19(22)21-12-17(18(13-21)20(23)24)15-6-4-3-5-7-15/h3-7,14,16-18H,2,8-13H2,1H3,(H,23,24). The van der Waals surface area contributed by atoms with E-state index in [1.165, 1.54) is 6.42 Å². The predicted molar refractivity (Wildman–Crippen MR) is 92.6 cm³/mol. The topological polar surface area (TPSA) is 57.6 Å². The largest absolute Gasteiger partial charge is 0.481 e. The number of aliphatic carboxylic acids is 1. The van der Waals surface area contributed by atoms with Crippen LogP contribution in [0.3, 0.4) is 0 Å². The molecule has 2 aliphatic rings. The van der Waals surface area contributed by atoms with Gasteiger partial charge in [0.15, 0.2) is 0 Å². The van der Waals surface area contributed by atoms with Gasteiger partial charge in [-0.1, -0.05) is 43.7 Å². The molecule has 2 unspecified atom stereocenters. The van der Waals surface area contributed by atoms with Crippen LogP contribution in [-0.2, 0) is 9.59 Å². The normalized spacial score (nSPS) is 30.3. The lowest BCUT2D eigenvalue weighted by Crippen LogP contribution is -2.36. The summed E-state index contributed by atoms with van der Waals surface area (Å²) < 4.78 is 0. The fourth-order valence-corrected chi connectivity index (χ4v) is 4.35. The van der Waals surface area contributed by atoms with E-state index >= 15 is 0 Å². The molecule has 24 heavy (non-hydrogen) atoms. The number of likely N-dealkylation sites (tertiary alicyclic amines) is 1. The molecule has 1 aliphatic carbocycles. The highest BCUT2D eigenvalue weighted by molar-refractivity contribution is 5.81. The lowest BCUT2D eigenvalue weighted by atomic mass is 9.80. The number of carbonyl (C=O) groups is 2. The van der Waals surface area contributed by atoms with Crippen molar-refractivity contribution < 1.29 is 14.7 Å². The molecule has 0 radical (unpaired) electrons. The number of nitrogens with zero attached hydrogens (tertiary/aromatic N) is 1. The summed E-state index contributed by atoms with van der Waals surface area (Å²) in [7, 11) is 0. The van der Waals surface area contributed by atoms with Gasteiger partial charge < -0.3 is 10.0 Å². The zero-order valence-electron chi connectivity index (χ0n) is 14.4. The van der Waals surface area contributed by atoms with Crippen LogP contribution < -0.4 is 0 Å². The molecule has 1 aromatic rings. The molecule has 1 amide bonds. The van der Waals surface area contributed by atoms with Gasteiger partial charge in [0.1, 0.15) is 0 Å². The van der Waals surface area contributed by atoms with Crippen LogP contribution in [0.25, 0.3) is 0 Å². The van der Waals surface area contributed by atoms with E-state index in [4.69, 9.17) is 0 Å². The van der Waals surface area contributed by atoms with Crippen molar-refractivity contribution in [2.45, 2.75) is 44.9 Å². The lowest BCUT2D eigenvalue weighted by Gasteiger charge is -2.30. The van der Waals surface area contributed by atoms with Crippen LogP contribution in [0.4, 0.5) is 0 Å². The van der Waals surface area contributed by atoms with Gasteiger partial charge >= 0.3 is 5.97 Å². The molecule has 1 aliphatic heterocycles. The molecule has 0 spiro atoms. The van der Waals surface area contributed by atoms with E-state index in [0.717, 1.165) is 37.2 Å². The summed E-state index contributed by atoms with van der Waals surface area (Å²) in [5.74, 6) is -0.362. The first-order valence-electron chi connectivity index (χ1n) is 9.16. The second-order valence-corrected chi connectivity index (χ2v) is 7.33. The monoisotopic (exact) mass is 329 g/mol. The Kier molecular flexibility index (Phi) is 5.22. The minimum atomic E-state index is -0.797. The highest BCUT2D eigenvalue weighted by Crippen LogP contribution is 2.36. The van der Waals surface area contributed by atoms with Crippen LogP contribution >= 0.6 is 0 Å². The molecule has 130 valence electrons. The smallest absolute Gasteiger partial charge is 0.308 e. The minimum Gasteiger partial charge on any atom is -0.481 e. The Morgan fingerprint density at radius 3 is 2.33 bits per heavy atom. The van der Waals surface area contributed by atoms with Gasteiger partial charge in [0.25, 0.3) is 0 Å². The summed E-state index contributed by atoms with van der Waals surface area (Å²) in [4.78, 5) is 26.4. The average molecular weight is 329 g/mol. The molecule has 4 nitrogen and oxygen atoms in total. The number of benzene rings is 1. The van der Waals surface area contributed by atoms with Gasteiger partial charge in [0, 0.05) is 24.9 Å². The average Bonchev–Trinajstić information content (AvgIpc) is 3.07. The molecule has 1 saturated carbocycles. The van der Waals surface area contributed by atoms with E-state index in [1.807, 2.05) is 35.2 Å². The van der Waals surface area contributed by atoms with E-state index < -0.39 is 11.9 Å². The molecule has 2 atom stereocenters. The Bertz CT molecular complexity index is 578. The summed E-state index contributed by atoms with van der Waals surface area (Å²) in [6, 6.07) is 9.75. The highest BCUT2D eigenvalue weighted by atomic mass is 16.4. The predicted octanol–water partition coefficient (Wildman–Crippen LogP) is 3.53. The van der Waals surface area contributed by atoms with E-state index in [2.05, 4.69) is 6.92 Å². The number of carboxylic acids is 1. The van der Waals surface area contributed by atoms with Crippen LogP contribution in [0.2, 0.25) is 0 Å². The number of carbonyl (C=O) groups excluding carboxylic acids is 1. The van der Waals surface area contributed by atoms with E-state index in [-0.39, 0.29) is 17.7 Å². The second kappa shape index (κ2) is 7.37. The maximum absolute atomic E-state index is 12.9. The number of hydrogen-bond acceptors (Lipinski definition) is 2. The molecule has 3 rings (SSSR count). The van der Waals surface area contributed by atoms with Crippen molar-refractivity contribution >= 4 is 11.9 Å². The van der Waals surface area contributed by atoms with Crippen molar-refractivity contribution in [1.82, 2.24) is 4.90 Å². The third-order valence-corrected chi connectivity index (χ3v) is 5.95. The van der Waals surface area contributed by atoms with Crippen LogP contribution in [0.5, 0.6) is 0 Å². The summed E-state index contributed by atoms with van der Waals surface area (Å²) in [6.07, 6.45) is 5.38. The van der Waals surface area contributed by atoms with Gasteiger partial charge in [0.2, 0.25) is 5.91 Å². The third kappa shape index (κ3) is 3.47. The summed E-state index contributed by atoms with van der Waals surface area (Å²) >= 11 is 0. The molecule has 1 aromatic carbocycles. The third-order valence-electron chi connectivity index (χ3n) is 5.95. The summed E-state index contributed by atoms with van der Waals surface area (Å²) in [5.41, 5.74) is 1.02. The quantitative estimate of drug-likeness (QED) is 0.919. The molecule has 1 saturated heterocycles. The van der Waals surface area contributed by atoms with E-state index in [9.17, 15) is 14.7 Å². The zero-order chi connectivity index (χ0) is 17.1. The van der Waals surface area contributed by atoms with Gasteiger partial charge in [-0.25, -0.2) is 0 Å². The van der Waals surface area contributed by atoms with Crippen LogP contribution in [0.15, 0.2) is 30.3 Å². The fourth-order valence-electron chi connectivity index (χ4n) is 4.35. The highest BCUT2D eigenvalue weighted by Gasteiger charge is 2.42. The van der Waals surface area contributed by atoms with E-state index in [1.54, 1.807) is 0 Å². The number of hydrogen-bond donors (Lipinski definition) is 1. The maximum Gasteiger partial charge on any atom is 0.308 e. The Morgan fingerprint density at radius 2 is 1.75 bits per heavy atom. The van der Waals surface area contributed by atoms with Gasteiger partial charge in [-0.05, 0) is 37.2 Å². The molecule has 1 heterocycles. The van der Waals surface area contributed by atoms with Crippen molar-refractivity contribution in [3.63, 3.8) is 0 Å². The minimum absolute atomic E-state index is 0.0942. The first-order valence-corrected chi connectivity index (χ1v) is 9.16. The van der Waals surface area contributed by atoms with Crippen molar-refractivity contribution in [1.29, 1.82) is 0 Å². The van der Waals surface area contributed by atoms with Crippen LogP contribution in [0, 0.1) is 17.8 Å². The molecular formula is C20H27NO3. The van der Waals surface area contributed by atoms with Crippen molar-refractivity contribution in [3.05, 3.63) is 35.9 Å². The number of amides is 1. The van der Waals surface area contributed by atoms with Crippen molar-refractivity contribution in [2.75, 3.05) is 13.1 Å². The van der Waals surface area contributed by atoms with Crippen LogP contribution in [0.1, 0.15) is 50.5 Å². The maximum atomic E-state index is 12.9. The zero-order valence-corrected chi connectivity index (χ0v) is 14.4. The Balaban J connectivity index is 1.69. The molecule has 1 N–H and O–H groups in total. The molecule has 0 aromatic heterocycles. The second-order valence-electron chi connectivity index (χ2n) is 7.33. The Labute approximate surface area is 143 Å². The fraction of sp³-hybridized carbons (Fsp3) is 0.600. The number of carboxylic acid groups (broad SMARTS) is 1.